The van der Waals surface area contributed by atoms with E-state index in [4.69, 9.17) is 0 Å². The summed E-state index contributed by atoms with van der Waals surface area (Å²) >= 11 is 0. The van der Waals surface area contributed by atoms with E-state index in [0.29, 0.717) is 11.6 Å². The minimum atomic E-state index is 0.388. The number of nitrogens with zero attached hydrogens (tertiary/aromatic N) is 4. The molecule has 0 amide bonds. The zero-order chi connectivity index (χ0) is 13.1. The Morgan fingerprint density at radius 1 is 1.05 bits per heavy atom. The summed E-state index contributed by atoms with van der Waals surface area (Å²) in [6.07, 6.45) is 3.35. The van der Waals surface area contributed by atoms with Crippen LogP contribution in [0, 0.1) is 4.91 Å². The monoisotopic (exact) mass is 251 g/mol. The molecule has 0 atom stereocenters. The molecule has 0 aliphatic heterocycles. The van der Waals surface area contributed by atoms with Crippen molar-refractivity contribution >= 4 is 16.7 Å². The molecule has 0 aliphatic carbocycles. The number of fused-ring (bicyclic) bond motifs is 1. The summed E-state index contributed by atoms with van der Waals surface area (Å²) < 4.78 is 0. The molecular formula is C13H9N5O. The summed E-state index contributed by atoms with van der Waals surface area (Å²) in [6, 6.07) is 11.1. The summed E-state index contributed by atoms with van der Waals surface area (Å²) in [7, 11) is 0. The maximum atomic E-state index is 10.4. The molecule has 0 bridgehead atoms. The average molecular weight is 251 g/mol. The van der Waals surface area contributed by atoms with E-state index >= 15 is 0 Å². The smallest absolute Gasteiger partial charge is 0.163 e. The lowest BCUT2D eigenvalue weighted by Crippen LogP contribution is -1.97. The quantitative estimate of drug-likeness (QED) is 0.571. The Labute approximate surface area is 108 Å². The first-order chi connectivity index (χ1) is 9.38. The molecule has 0 radical (unpaired) electrons. The second-order valence-corrected chi connectivity index (χ2v) is 3.86. The van der Waals surface area contributed by atoms with Crippen LogP contribution in [0.4, 0.5) is 5.82 Å². The van der Waals surface area contributed by atoms with Gasteiger partial charge in [0.1, 0.15) is 0 Å². The Bertz CT molecular complexity index is 729. The van der Waals surface area contributed by atoms with Crippen molar-refractivity contribution < 1.29 is 0 Å². The van der Waals surface area contributed by atoms with Gasteiger partial charge >= 0.3 is 0 Å². The molecule has 1 N–H and O–H groups in total. The molecule has 6 heteroatoms. The lowest BCUT2D eigenvalue weighted by Gasteiger charge is -2.06. The Kier molecular flexibility index (Phi) is 2.82. The predicted octanol–water partition coefficient (Wildman–Crippen LogP) is 2.79. The number of aromatic nitrogens is 3. The highest BCUT2D eigenvalue weighted by Gasteiger charge is 2.08. The van der Waals surface area contributed by atoms with Gasteiger partial charge in [-0.15, -0.1) is 4.91 Å². The number of hydrogen-bond donors (Lipinski definition) is 1. The Balaban J connectivity index is 2.24. The fourth-order valence-corrected chi connectivity index (χ4v) is 1.83. The van der Waals surface area contributed by atoms with Gasteiger partial charge in [-0.3, -0.25) is 4.98 Å². The van der Waals surface area contributed by atoms with Gasteiger partial charge in [-0.25, -0.2) is 15.4 Å². The third-order valence-corrected chi connectivity index (χ3v) is 2.67. The van der Waals surface area contributed by atoms with E-state index in [1.54, 1.807) is 18.5 Å². The second-order valence-electron chi connectivity index (χ2n) is 3.86. The van der Waals surface area contributed by atoms with Crippen molar-refractivity contribution in [2.75, 3.05) is 5.43 Å². The molecule has 0 fully saturated rings. The van der Waals surface area contributed by atoms with Gasteiger partial charge in [-0.05, 0) is 24.3 Å². The maximum absolute atomic E-state index is 10.4. The topological polar surface area (TPSA) is 80.1 Å². The first-order valence-electron chi connectivity index (χ1n) is 5.64. The molecule has 19 heavy (non-hydrogen) atoms. The molecule has 1 aromatic carbocycles. The van der Waals surface area contributed by atoms with Crippen LogP contribution in [0.3, 0.4) is 0 Å². The van der Waals surface area contributed by atoms with E-state index in [0.717, 1.165) is 16.5 Å². The van der Waals surface area contributed by atoms with Crippen LogP contribution >= 0.6 is 0 Å². The van der Waals surface area contributed by atoms with Crippen LogP contribution in [0.2, 0.25) is 0 Å². The molecule has 2 aromatic heterocycles. The third kappa shape index (κ3) is 2.11. The fourth-order valence-electron chi connectivity index (χ4n) is 1.83. The normalized spacial score (nSPS) is 10.3. The molecule has 0 aliphatic rings. The summed E-state index contributed by atoms with van der Waals surface area (Å²) in [5, 5.41) is 3.43. The number of benzene rings is 1. The standard InChI is InChI=1S/C13H9N5O/c19-18-17-13-10-5-1-2-6-11(10)15-12(16-13)9-4-3-7-14-8-9/h1-8H,(H,15,16,17,19). The molecule has 0 saturated heterocycles. The van der Waals surface area contributed by atoms with Crippen LogP contribution in [-0.4, -0.2) is 15.0 Å². The van der Waals surface area contributed by atoms with Crippen LogP contribution in [0.5, 0.6) is 0 Å². The van der Waals surface area contributed by atoms with E-state index < -0.39 is 0 Å². The number of nitrogens with one attached hydrogen (secondary N) is 1. The maximum Gasteiger partial charge on any atom is 0.163 e. The Hall–Kier alpha value is -2.89. The Morgan fingerprint density at radius 2 is 1.95 bits per heavy atom. The van der Waals surface area contributed by atoms with Crippen LogP contribution in [0.15, 0.2) is 54.1 Å². The van der Waals surface area contributed by atoms with E-state index in [2.05, 4.69) is 25.7 Å². The van der Waals surface area contributed by atoms with Gasteiger partial charge < -0.3 is 0 Å². The first-order valence-corrected chi connectivity index (χ1v) is 5.64. The summed E-state index contributed by atoms with van der Waals surface area (Å²) in [5.74, 6) is 0.886. The van der Waals surface area contributed by atoms with Gasteiger partial charge in [0.2, 0.25) is 0 Å². The number of anilines is 1. The zero-order valence-corrected chi connectivity index (χ0v) is 9.82. The van der Waals surface area contributed by atoms with Crippen molar-refractivity contribution in [3.8, 4) is 11.4 Å². The van der Waals surface area contributed by atoms with Crippen molar-refractivity contribution in [1.29, 1.82) is 0 Å². The van der Waals surface area contributed by atoms with Crippen molar-refractivity contribution in [3.63, 3.8) is 0 Å². The second kappa shape index (κ2) is 4.77. The van der Waals surface area contributed by atoms with Crippen LogP contribution in [-0.2, 0) is 0 Å². The molecule has 0 unspecified atom stereocenters. The van der Waals surface area contributed by atoms with Crippen LogP contribution in [0.1, 0.15) is 0 Å². The highest BCUT2D eigenvalue weighted by atomic mass is 16.3. The molecule has 0 saturated carbocycles. The van der Waals surface area contributed by atoms with Crippen molar-refractivity contribution in [1.82, 2.24) is 15.0 Å². The largest absolute Gasteiger partial charge is 0.264 e. The highest BCUT2D eigenvalue weighted by Crippen LogP contribution is 2.24. The molecule has 2 heterocycles. The number of rotatable bonds is 3. The summed E-state index contributed by atoms with van der Waals surface area (Å²) in [4.78, 5) is 23.2. The van der Waals surface area contributed by atoms with Gasteiger partial charge in [0.05, 0.1) is 10.8 Å². The van der Waals surface area contributed by atoms with Gasteiger partial charge in [-0.1, -0.05) is 12.1 Å². The molecular weight excluding hydrogens is 242 g/mol. The van der Waals surface area contributed by atoms with Crippen LogP contribution in [0.25, 0.3) is 22.3 Å². The number of hydrogen-bond acceptors (Lipinski definition) is 5. The van der Waals surface area contributed by atoms with Gasteiger partial charge in [0, 0.05) is 23.3 Å². The molecule has 3 aromatic rings. The molecule has 3 rings (SSSR count). The minimum absolute atomic E-state index is 0.388. The van der Waals surface area contributed by atoms with Crippen LogP contribution < -0.4 is 5.43 Å². The van der Waals surface area contributed by atoms with Gasteiger partial charge in [-0.2, -0.15) is 0 Å². The molecule has 92 valence electrons. The third-order valence-electron chi connectivity index (χ3n) is 2.67. The summed E-state index contributed by atoms with van der Waals surface area (Å²) in [5.41, 5.74) is 3.88. The zero-order valence-electron chi connectivity index (χ0n) is 9.82. The number of pyridine rings is 1. The molecule has 0 spiro atoms. The minimum Gasteiger partial charge on any atom is -0.264 e. The fraction of sp³-hybridized carbons (Fsp3) is 0. The lowest BCUT2D eigenvalue weighted by atomic mass is 10.2. The first kappa shape index (κ1) is 11.2. The van der Waals surface area contributed by atoms with Crippen molar-refractivity contribution in [2.45, 2.75) is 0 Å². The van der Waals surface area contributed by atoms with Crippen molar-refractivity contribution in [3.05, 3.63) is 53.7 Å². The van der Waals surface area contributed by atoms with E-state index in [1.165, 1.54) is 0 Å². The van der Waals surface area contributed by atoms with Gasteiger partial charge in [0.25, 0.3) is 0 Å². The Morgan fingerprint density at radius 3 is 2.74 bits per heavy atom. The van der Waals surface area contributed by atoms with Gasteiger partial charge in [0.15, 0.2) is 11.6 Å². The number of nitroso groups, excluding NO2 is 1. The number of para-hydroxylation sites is 1. The molecule has 6 nitrogen and oxygen atoms in total. The average Bonchev–Trinajstić information content (AvgIpc) is 2.48. The van der Waals surface area contributed by atoms with E-state index in [9.17, 15) is 4.91 Å². The lowest BCUT2D eigenvalue weighted by molar-refractivity contribution is 1.17. The predicted molar refractivity (Wildman–Crippen MR) is 72.2 cm³/mol. The van der Waals surface area contributed by atoms with Crippen molar-refractivity contribution in [2.24, 2.45) is 5.29 Å². The highest BCUT2D eigenvalue weighted by molar-refractivity contribution is 5.90. The summed E-state index contributed by atoms with van der Waals surface area (Å²) in [6.45, 7) is 0. The SMILES string of the molecule is O=NNc1nc(-c2cccnc2)nc2ccccc12. The van der Waals surface area contributed by atoms with E-state index in [1.807, 2.05) is 30.3 Å². The van der Waals surface area contributed by atoms with E-state index in [-0.39, 0.29) is 0 Å².